The van der Waals surface area contributed by atoms with Crippen molar-refractivity contribution in [2.75, 3.05) is 7.11 Å². The molecule has 2 nitrogen and oxygen atoms in total. The predicted octanol–water partition coefficient (Wildman–Crippen LogP) is 3.15. The fourth-order valence-electron chi connectivity index (χ4n) is 2.17. The minimum absolute atomic E-state index is 0.562. The van der Waals surface area contributed by atoms with Crippen molar-refractivity contribution in [2.45, 2.75) is 25.9 Å². The lowest BCUT2D eigenvalue weighted by Crippen LogP contribution is -2.88. The molecule has 20 heavy (non-hydrogen) atoms. The highest BCUT2D eigenvalue weighted by atomic mass is 79.9. The maximum atomic E-state index is 5.18. The van der Waals surface area contributed by atoms with Crippen LogP contribution < -0.4 is 10.1 Å². The van der Waals surface area contributed by atoms with Gasteiger partial charge in [0.15, 0.2) is 0 Å². The molecule has 0 saturated carbocycles. The SMILES string of the molecule is COc1ccc(C[C@H](C)[NH2+]Cc2ccc(Br)cc2)cc1. The first kappa shape index (κ1) is 15.1. The number of methoxy groups -OCH3 is 1. The van der Waals surface area contributed by atoms with Gasteiger partial charge in [-0.15, -0.1) is 0 Å². The summed E-state index contributed by atoms with van der Waals surface area (Å²) in [7, 11) is 1.70. The quantitative estimate of drug-likeness (QED) is 0.862. The molecular formula is C17H21BrNO+. The molecule has 0 amide bonds. The maximum Gasteiger partial charge on any atom is 0.118 e. The van der Waals surface area contributed by atoms with Gasteiger partial charge in [0.2, 0.25) is 0 Å². The molecule has 0 unspecified atom stereocenters. The molecule has 0 spiro atoms. The van der Waals surface area contributed by atoms with Crippen molar-refractivity contribution in [3.05, 3.63) is 64.1 Å². The predicted molar refractivity (Wildman–Crippen MR) is 85.9 cm³/mol. The van der Waals surface area contributed by atoms with E-state index >= 15 is 0 Å². The number of rotatable bonds is 6. The molecule has 106 valence electrons. The second-order valence-electron chi connectivity index (χ2n) is 5.10. The lowest BCUT2D eigenvalue weighted by atomic mass is 10.1. The van der Waals surface area contributed by atoms with Crippen LogP contribution >= 0.6 is 15.9 Å². The second-order valence-corrected chi connectivity index (χ2v) is 6.01. The van der Waals surface area contributed by atoms with Gasteiger partial charge in [0, 0.05) is 16.5 Å². The van der Waals surface area contributed by atoms with E-state index < -0.39 is 0 Å². The molecule has 3 heteroatoms. The molecule has 0 radical (unpaired) electrons. The van der Waals surface area contributed by atoms with Crippen molar-refractivity contribution >= 4 is 15.9 Å². The van der Waals surface area contributed by atoms with Gasteiger partial charge in [-0.05, 0) is 36.8 Å². The first-order chi connectivity index (χ1) is 9.67. The van der Waals surface area contributed by atoms with Gasteiger partial charge in [-0.1, -0.05) is 40.2 Å². The third-order valence-corrected chi connectivity index (χ3v) is 3.91. The van der Waals surface area contributed by atoms with Crippen molar-refractivity contribution in [1.29, 1.82) is 0 Å². The monoisotopic (exact) mass is 334 g/mol. The third kappa shape index (κ3) is 4.66. The van der Waals surface area contributed by atoms with Crippen LogP contribution in [0.2, 0.25) is 0 Å². The van der Waals surface area contributed by atoms with Crippen molar-refractivity contribution in [2.24, 2.45) is 0 Å². The number of ether oxygens (including phenoxy) is 1. The Morgan fingerprint density at radius 2 is 1.60 bits per heavy atom. The first-order valence-electron chi connectivity index (χ1n) is 6.88. The highest BCUT2D eigenvalue weighted by molar-refractivity contribution is 9.10. The van der Waals surface area contributed by atoms with Crippen molar-refractivity contribution < 1.29 is 10.1 Å². The summed E-state index contributed by atoms with van der Waals surface area (Å²) in [5.74, 6) is 0.917. The van der Waals surface area contributed by atoms with E-state index in [-0.39, 0.29) is 0 Å². The summed E-state index contributed by atoms with van der Waals surface area (Å²) in [6.45, 7) is 3.29. The minimum atomic E-state index is 0.562. The fourth-order valence-corrected chi connectivity index (χ4v) is 2.44. The Balaban J connectivity index is 1.82. The molecule has 0 saturated heterocycles. The zero-order valence-electron chi connectivity index (χ0n) is 12.0. The normalized spacial score (nSPS) is 12.2. The van der Waals surface area contributed by atoms with Gasteiger partial charge in [0.05, 0.1) is 13.2 Å². The molecule has 0 bridgehead atoms. The van der Waals surface area contributed by atoms with Gasteiger partial charge < -0.3 is 10.1 Å². The Morgan fingerprint density at radius 3 is 2.20 bits per heavy atom. The van der Waals surface area contributed by atoms with E-state index in [1.165, 1.54) is 11.1 Å². The van der Waals surface area contributed by atoms with Crippen LogP contribution in [0.5, 0.6) is 5.75 Å². The zero-order valence-corrected chi connectivity index (χ0v) is 13.6. The summed E-state index contributed by atoms with van der Waals surface area (Å²) >= 11 is 3.46. The average molecular weight is 335 g/mol. The lowest BCUT2D eigenvalue weighted by Gasteiger charge is -2.11. The van der Waals surface area contributed by atoms with E-state index in [2.05, 4.69) is 64.6 Å². The number of hydrogen-bond donors (Lipinski definition) is 1. The van der Waals surface area contributed by atoms with E-state index in [1.807, 2.05) is 12.1 Å². The average Bonchev–Trinajstić information content (AvgIpc) is 2.47. The minimum Gasteiger partial charge on any atom is -0.497 e. The summed E-state index contributed by atoms with van der Waals surface area (Å²) in [4.78, 5) is 0. The van der Waals surface area contributed by atoms with Crippen molar-refractivity contribution in [3.8, 4) is 5.75 Å². The highest BCUT2D eigenvalue weighted by Gasteiger charge is 2.07. The summed E-state index contributed by atoms with van der Waals surface area (Å²) in [6, 6.07) is 17.4. The number of nitrogens with two attached hydrogens (primary N) is 1. The molecule has 0 aliphatic rings. The summed E-state index contributed by atoms with van der Waals surface area (Å²) in [5, 5.41) is 2.38. The smallest absolute Gasteiger partial charge is 0.118 e. The van der Waals surface area contributed by atoms with E-state index in [4.69, 9.17) is 4.74 Å². The van der Waals surface area contributed by atoms with Gasteiger partial charge in [-0.3, -0.25) is 0 Å². The lowest BCUT2D eigenvalue weighted by molar-refractivity contribution is -0.701. The van der Waals surface area contributed by atoms with E-state index in [1.54, 1.807) is 7.11 Å². The van der Waals surface area contributed by atoms with E-state index in [0.29, 0.717) is 6.04 Å². The molecule has 0 aliphatic carbocycles. The van der Waals surface area contributed by atoms with Gasteiger partial charge in [-0.25, -0.2) is 0 Å². The molecule has 2 rings (SSSR count). The Morgan fingerprint density at radius 1 is 1.00 bits per heavy atom. The second kappa shape index (κ2) is 7.46. The molecule has 0 aromatic heterocycles. The summed E-state index contributed by atoms with van der Waals surface area (Å²) in [5.41, 5.74) is 2.71. The van der Waals surface area contributed by atoms with Crippen LogP contribution in [0.25, 0.3) is 0 Å². The van der Waals surface area contributed by atoms with Crippen molar-refractivity contribution in [1.82, 2.24) is 0 Å². The van der Waals surface area contributed by atoms with Crippen LogP contribution in [0.4, 0.5) is 0 Å². The summed E-state index contributed by atoms with van der Waals surface area (Å²) in [6.07, 6.45) is 1.07. The van der Waals surface area contributed by atoms with Gasteiger partial charge >= 0.3 is 0 Å². The molecule has 2 N–H and O–H groups in total. The molecule has 2 aromatic carbocycles. The first-order valence-corrected chi connectivity index (χ1v) is 7.67. The molecule has 2 aromatic rings. The number of benzene rings is 2. The molecule has 0 fully saturated rings. The Kier molecular flexibility index (Phi) is 5.62. The summed E-state index contributed by atoms with van der Waals surface area (Å²) < 4.78 is 6.31. The number of hydrogen-bond acceptors (Lipinski definition) is 1. The standard InChI is InChI=1S/C17H20BrNO/c1-13(11-14-5-9-17(20-2)10-6-14)19-12-15-3-7-16(18)8-4-15/h3-10,13,19H,11-12H2,1-2H3/p+1/t13-/m0/s1. The van der Waals surface area contributed by atoms with Crippen LogP contribution in [-0.2, 0) is 13.0 Å². The molecular weight excluding hydrogens is 314 g/mol. The zero-order chi connectivity index (χ0) is 14.4. The van der Waals surface area contributed by atoms with Crippen molar-refractivity contribution in [3.63, 3.8) is 0 Å². The van der Waals surface area contributed by atoms with E-state index in [0.717, 1.165) is 23.2 Å². The Hall–Kier alpha value is -1.32. The molecule has 0 heterocycles. The van der Waals surface area contributed by atoms with Crippen LogP contribution in [0.1, 0.15) is 18.1 Å². The van der Waals surface area contributed by atoms with Gasteiger partial charge in [-0.2, -0.15) is 0 Å². The van der Waals surface area contributed by atoms with Gasteiger partial charge in [0.25, 0.3) is 0 Å². The van der Waals surface area contributed by atoms with Crippen LogP contribution in [0.15, 0.2) is 53.0 Å². The highest BCUT2D eigenvalue weighted by Crippen LogP contribution is 2.12. The van der Waals surface area contributed by atoms with E-state index in [9.17, 15) is 0 Å². The largest absolute Gasteiger partial charge is 0.497 e. The van der Waals surface area contributed by atoms with Crippen LogP contribution in [0, 0.1) is 0 Å². The molecule has 1 atom stereocenters. The van der Waals surface area contributed by atoms with Crippen LogP contribution in [0.3, 0.4) is 0 Å². The van der Waals surface area contributed by atoms with Gasteiger partial charge in [0.1, 0.15) is 12.3 Å². The molecule has 0 aliphatic heterocycles. The maximum absolute atomic E-state index is 5.18. The van der Waals surface area contributed by atoms with Crippen LogP contribution in [-0.4, -0.2) is 13.2 Å². The fraction of sp³-hybridized carbons (Fsp3) is 0.294. The third-order valence-electron chi connectivity index (χ3n) is 3.39. The number of quaternary nitrogens is 1. The number of halogens is 1. The topological polar surface area (TPSA) is 25.8 Å². The Bertz CT molecular complexity index is 522. The Labute approximate surface area is 129 Å².